The fraction of sp³-hybridized carbons (Fsp3) is 0.421. The van der Waals surface area contributed by atoms with Crippen LogP contribution in [0, 0.1) is 5.92 Å². The Balaban J connectivity index is 1.44. The van der Waals surface area contributed by atoms with E-state index >= 15 is 0 Å². The molecule has 3 aliphatic rings. The molecular formula is C19H20F3N3O4S2. The summed E-state index contributed by atoms with van der Waals surface area (Å²) in [5, 5.41) is 3.31. The van der Waals surface area contributed by atoms with Gasteiger partial charge < -0.3 is 15.0 Å². The molecule has 2 bridgehead atoms. The molecule has 168 valence electrons. The van der Waals surface area contributed by atoms with Crippen molar-refractivity contribution in [2.45, 2.75) is 24.4 Å². The first-order valence-electron chi connectivity index (χ1n) is 9.61. The van der Waals surface area contributed by atoms with Crippen molar-refractivity contribution in [1.82, 2.24) is 10.2 Å². The van der Waals surface area contributed by atoms with E-state index in [9.17, 15) is 26.4 Å². The smallest absolute Gasteiger partial charge is 0.444 e. The van der Waals surface area contributed by atoms with Gasteiger partial charge in [0.25, 0.3) is 5.91 Å². The Bertz CT molecular complexity index is 1060. The van der Waals surface area contributed by atoms with Crippen LogP contribution in [0.5, 0.6) is 10.8 Å². The first-order valence-corrected chi connectivity index (χ1v) is 11.9. The van der Waals surface area contributed by atoms with Crippen molar-refractivity contribution < 1.29 is 31.1 Å². The van der Waals surface area contributed by atoms with Crippen LogP contribution in [0.25, 0.3) is 0 Å². The number of piperidine rings is 3. The second kappa shape index (κ2) is 8.32. The van der Waals surface area contributed by atoms with Gasteiger partial charge in [0.2, 0.25) is 0 Å². The average Bonchev–Trinajstić information content (AvgIpc) is 3.18. The number of halogens is 3. The lowest BCUT2D eigenvalue weighted by atomic mass is 9.84. The highest BCUT2D eigenvalue weighted by molar-refractivity contribution is 7.93. The molecule has 5 rings (SSSR count). The van der Waals surface area contributed by atoms with Crippen molar-refractivity contribution in [3.8, 4) is 10.8 Å². The normalized spacial score (nSPS) is 23.4. The first-order chi connectivity index (χ1) is 14.6. The Hall–Kier alpha value is -2.31. The van der Waals surface area contributed by atoms with Gasteiger partial charge in [-0.3, -0.25) is 9.52 Å². The summed E-state index contributed by atoms with van der Waals surface area (Å²) in [6.07, 6.45) is 2.13. The molecule has 1 aromatic heterocycles. The molecule has 12 heteroatoms. The summed E-state index contributed by atoms with van der Waals surface area (Å²) in [6.45, 7) is 2.95. The monoisotopic (exact) mass is 475 g/mol. The predicted octanol–water partition coefficient (Wildman–Crippen LogP) is 3.63. The third-order valence-electron chi connectivity index (χ3n) is 5.42. The number of para-hydroxylation sites is 2. The zero-order valence-electron chi connectivity index (χ0n) is 16.2. The SMILES string of the molecule is O=C(NC1CN2CCC1CC2)c1ccc(Oc2ccccc2NS(=O)(=O)C(F)(F)F)s1. The van der Waals surface area contributed by atoms with Crippen LogP contribution in [0.4, 0.5) is 18.9 Å². The maximum absolute atomic E-state index is 12.7. The minimum absolute atomic E-state index is 0.0963. The Labute approximate surface area is 181 Å². The number of rotatable bonds is 6. The topological polar surface area (TPSA) is 87.7 Å². The number of carbonyl (C=O) groups is 1. The summed E-state index contributed by atoms with van der Waals surface area (Å²) < 4.78 is 67.9. The standard InChI is InChI=1S/C19H20F3N3O4S2/c20-19(21,22)31(27,28)24-13-3-1-2-4-15(13)29-17-6-5-16(30-17)18(26)23-14-11-25-9-7-12(14)8-10-25/h1-6,12,14,24H,7-11H2,(H,23,26). The number of carbonyl (C=O) groups excluding carboxylic acids is 1. The predicted molar refractivity (Wildman–Crippen MR) is 110 cm³/mol. The molecule has 3 fully saturated rings. The molecule has 0 aliphatic carbocycles. The van der Waals surface area contributed by atoms with Gasteiger partial charge in [-0.2, -0.15) is 21.6 Å². The minimum Gasteiger partial charge on any atom is -0.444 e. The molecule has 3 saturated heterocycles. The van der Waals surface area contributed by atoms with Crippen LogP contribution in [-0.2, 0) is 10.0 Å². The Morgan fingerprint density at radius 3 is 2.48 bits per heavy atom. The molecule has 1 amide bonds. The van der Waals surface area contributed by atoms with Crippen molar-refractivity contribution in [3.63, 3.8) is 0 Å². The lowest BCUT2D eigenvalue weighted by Gasteiger charge is -2.44. The second-order valence-electron chi connectivity index (χ2n) is 7.49. The summed E-state index contributed by atoms with van der Waals surface area (Å²) in [7, 11) is -5.59. The van der Waals surface area contributed by atoms with E-state index in [4.69, 9.17) is 4.74 Å². The number of benzene rings is 1. The molecule has 1 atom stereocenters. The maximum atomic E-state index is 12.7. The van der Waals surface area contributed by atoms with E-state index < -0.39 is 15.5 Å². The zero-order valence-corrected chi connectivity index (χ0v) is 17.8. The Kier molecular flexibility index (Phi) is 5.88. The molecule has 3 aliphatic heterocycles. The lowest BCUT2D eigenvalue weighted by molar-refractivity contribution is -0.0429. The fourth-order valence-corrected chi connectivity index (χ4v) is 5.16. The quantitative estimate of drug-likeness (QED) is 0.666. The number of hydrogen-bond donors (Lipinski definition) is 2. The van der Waals surface area contributed by atoms with Crippen molar-refractivity contribution in [1.29, 1.82) is 0 Å². The minimum atomic E-state index is -5.59. The first kappa shape index (κ1) is 21.9. The number of ether oxygens (including phenoxy) is 1. The van der Waals surface area contributed by atoms with Crippen LogP contribution in [-0.4, -0.2) is 50.4 Å². The highest BCUT2D eigenvalue weighted by Gasteiger charge is 2.46. The van der Waals surface area contributed by atoms with E-state index in [0.717, 1.165) is 49.9 Å². The number of sulfonamides is 1. The van der Waals surface area contributed by atoms with E-state index in [1.165, 1.54) is 29.0 Å². The molecule has 0 spiro atoms. The van der Waals surface area contributed by atoms with Gasteiger partial charge in [0, 0.05) is 12.6 Å². The average molecular weight is 476 g/mol. The number of amides is 1. The second-order valence-corrected chi connectivity index (χ2v) is 10.2. The molecule has 31 heavy (non-hydrogen) atoms. The zero-order chi connectivity index (χ0) is 22.2. The highest BCUT2D eigenvalue weighted by atomic mass is 32.2. The molecule has 2 aromatic rings. The molecule has 1 aromatic carbocycles. The highest BCUT2D eigenvalue weighted by Crippen LogP contribution is 2.36. The number of alkyl halides is 3. The fourth-order valence-electron chi connectivity index (χ4n) is 3.82. The number of hydrogen-bond acceptors (Lipinski definition) is 6. The summed E-state index contributed by atoms with van der Waals surface area (Å²) in [5.41, 5.74) is -5.81. The van der Waals surface area contributed by atoms with E-state index in [-0.39, 0.29) is 28.4 Å². The van der Waals surface area contributed by atoms with E-state index in [2.05, 4.69) is 10.2 Å². The van der Waals surface area contributed by atoms with Crippen LogP contribution >= 0.6 is 11.3 Å². The number of anilines is 1. The molecule has 1 unspecified atom stereocenters. The van der Waals surface area contributed by atoms with Gasteiger partial charge in [0.15, 0.2) is 10.8 Å². The van der Waals surface area contributed by atoms with Crippen molar-refractivity contribution >= 4 is 33.0 Å². The van der Waals surface area contributed by atoms with Crippen LogP contribution in [0.15, 0.2) is 36.4 Å². The summed E-state index contributed by atoms with van der Waals surface area (Å²) >= 11 is 1.03. The summed E-state index contributed by atoms with van der Waals surface area (Å²) in [6, 6.07) is 8.55. The Morgan fingerprint density at radius 1 is 1.13 bits per heavy atom. The molecule has 7 nitrogen and oxygen atoms in total. The Morgan fingerprint density at radius 2 is 1.84 bits per heavy atom. The van der Waals surface area contributed by atoms with E-state index in [1.807, 2.05) is 0 Å². The number of nitrogens with one attached hydrogen (secondary N) is 2. The van der Waals surface area contributed by atoms with Gasteiger partial charge in [-0.25, -0.2) is 0 Å². The molecule has 4 heterocycles. The third-order valence-corrected chi connectivity index (χ3v) is 7.48. The van der Waals surface area contributed by atoms with E-state index in [0.29, 0.717) is 10.8 Å². The van der Waals surface area contributed by atoms with Crippen LogP contribution in [0.3, 0.4) is 0 Å². The molecule has 0 saturated carbocycles. The largest absolute Gasteiger partial charge is 0.516 e. The number of nitrogens with zero attached hydrogens (tertiary/aromatic N) is 1. The van der Waals surface area contributed by atoms with Gasteiger partial charge in [-0.05, 0) is 56.1 Å². The third kappa shape index (κ3) is 4.80. The molecule has 0 radical (unpaired) electrons. The molecule has 2 N–H and O–H groups in total. The van der Waals surface area contributed by atoms with Gasteiger partial charge in [0.05, 0.1) is 10.6 Å². The van der Waals surface area contributed by atoms with Crippen molar-refractivity contribution in [2.75, 3.05) is 24.4 Å². The lowest BCUT2D eigenvalue weighted by Crippen LogP contribution is -2.57. The summed E-state index contributed by atoms with van der Waals surface area (Å²) in [4.78, 5) is 15.4. The van der Waals surface area contributed by atoms with Gasteiger partial charge >= 0.3 is 15.5 Å². The van der Waals surface area contributed by atoms with Crippen LogP contribution in [0.2, 0.25) is 0 Å². The van der Waals surface area contributed by atoms with Crippen molar-refractivity contribution in [3.05, 3.63) is 41.3 Å². The number of fused-ring (bicyclic) bond motifs is 3. The molecular weight excluding hydrogens is 455 g/mol. The van der Waals surface area contributed by atoms with Gasteiger partial charge in [0.1, 0.15) is 0 Å². The van der Waals surface area contributed by atoms with Crippen molar-refractivity contribution in [2.24, 2.45) is 5.92 Å². The summed E-state index contributed by atoms with van der Waals surface area (Å²) in [5.74, 6) is 0.129. The maximum Gasteiger partial charge on any atom is 0.516 e. The van der Waals surface area contributed by atoms with Gasteiger partial charge in [-0.1, -0.05) is 23.5 Å². The van der Waals surface area contributed by atoms with E-state index in [1.54, 1.807) is 6.07 Å². The number of thiophene rings is 1. The van der Waals surface area contributed by atoms with Gasteiger partial charge in [-0.15, -0.1) is 0 Å². The van der Waals surface area contributed by atoms with Crippen LogP contribution in [0.1, 0.15) is 22.5 Å². The van der Waals surface area contributed by atoms with Crippen LogP contribution < -0.4 is 14.8 Å².